The predicted molar refractivity (Wildman–Crippen MR) is 75.5 cm³/mol. The molecule has 0 aliphatic carbocycles. The van der Waals surface area contributed by atoms with Crippen molar-refractivity contribution in [2.24, 2.45) is 0 Å². The summed E-state index contributed by atoms with van der Waals surface area (Å²) in [6.07, 6.45) is 0.396. The fourth-order valence-electron chi connectivity index (χ4n) is 1.59. The Balaban J connectivity index is 2.61. The summed E-state index contributed by atoms with van der Waals surface area (Å²) in [6, 6.07) is 3.57. The fourth-order valence-corrected chi connectivity index (χ4v) is 1.59. The van der Waals surface area contributed by atoms with Gasteiger partial charge in [0, 0.05) is 18.7 Å². The third kappa shape index (κ3) is 5.44. The molecule has 20 heavy (non-hydrogen) atoms. The van der Waals surface area contributed by atoms with Crippen molar-refractivity contribution in [2.45, 2.75) is 39.3 Å². The van der Waals surface area contributed by atoms with Crippen LogP contribution in [-0.4, -0.2) is 29.9 Å². The molecular formula is C14H21FN2O3. The number of halogens is 1. The molecule has 0 aliphatic rings. The Bertz CT molecular complexity index is 452. The highest BCUT2D eigenvalue weighted by Gasteiger charge is 2.10. The largest absolute Gasteiger partial charge is 0.491 e. The number of rotatable bonds is 6. The van der Waals surface area contributed by atoms with Gasteiger partial charge in [0.1, 0.15) is 11.6 Å². The number of anilines is 1. The second-order valence-electron chi connectivity index (χ2n) is 4.82. The molecule has 1 rings (SSSR count). The third-order valence-electron chi connectivity index (χ3n) is 2.50. The first-order valence-corrected chi connectivity index (χ1v) is 6.57. The molecule has 0 unspecified atom stereocenters. The number of aliphatic hydroxyl groups excluding tert-OH is 1. The lowest BCUT2D eigenvalue weighted by atomic mass is 10.2. The van der Waals surface area contributed by atoms with Crippen LogP contribution in [0.25, 0.3) is 0 Å². The smallest absolute Gasteiger partial charge is 0.319 e. The zero-order valence-corrected chi connectivity index (χ0v) is 11.9. The second-order valence-corrected chi connectivity index (χ2v) is 4.82. The van der Waals surface area contributed by atoms with Crippen LogP contribution in [0.2, 0.25) is 0 Å². The molecule has 0 saturated heterocycles. The van der Waals surface area contributed by atoms with Crippen LogP contribution in [0.5, 0.6) is 5.75 Å². The SMILES string of the molecule is CC(C)Oc1ccc(NC(=O)N[C@H](C)CCO)c(F)c1. The molecule has 0 aliphatic heterocycles. The average Bonchev–Trinajstić information content (AvgIpc) is 2.32. The molecule has 0 saturated carbocycles. The standard InChI is InChI=1S/C14H21FN2O3/c1-9(2)20-11-4-5-13(12(15)8-11)17-14(19)16-10(3)6-7-18/h4-5,8-10,18H,6-7H2,1-3H3,(H2,16,17,19)/t10-/m1/s1. The number of hydrogen-bond donors (Lipinski definition) is 3. The lowest BCUT2D eigenvalue weighted by Gasteiger charge is -2.14. The molecule has 0 bridgehead atoms. The van der Waals surface area contributed by atoms with Crippen LogP contribution in [0, 0.1) is 5.82 Å². The number of amides is 2. The molecule has 6 heteroatoms. The first-order valence-electron chi connectivity index (χ1n) is 6.57. The molecule has 0 aromatic heterocycles. The van der Waals surface area contributed by atoms with E-state index in [1.807, 2.05) is 13.8 Å². The van der Waals surface area contributed by atoms with Gasteiger partial charge < -0.3 is 20.5 Å². The van der Waals surface area contributed by atoms with Gasteiger partial charge in [0.25, 0.3) is 0 Å². The summed E-state index contributed by atoms with van der Waals surface area (Å²) in [5.74, 6) is -0.148. The van der Waals surface area contributed by atoms with Crippen molar-refractivity contribution in [3.8, 4) is 5.75 Å². The minimum Gasteiger partial charge on any atom is -0.491 e. The molecule has 112 valence electrons. The van der Waals surface area contributed by atoms with E-state index in [9.17, 15) is 9.18 Å². The molecule has 5 nitrogen and oxygen atoms in total. The highest BCUT2D eigenvalue weighted by molar-refractivity contribution is 5.89. The van der Waals surface area contributed by atoms with E-state index in [1.54, 1.807) is 13.0 Å². The highest BCUT2D eigenvalue weighted by Crippen LogP contribution is 2.21. The van der Waals surface area contributed by atoms with Crippen molar-refractivity contribution in [3.05, 3.63) is 24.0 Å². The number of ether oxygens (including phenoxy) is 1. The molecule has 2 amide bonds. The first-order chi connectivity index (χ1) is 9.42. The van der Waals surface area contributed by atoms with Crippen molar-refractivity contribution in [1.82, 2.24) is 5.32 Å². The van der Waals surface area contributed by atoms with E-state index in [-0.39, 0.29) is 24.4 Å². The van der Waals surface area contributed by atoms with Gasteiger partial charge in [0.05, 0.1) is 11.8 Å². The summed E-state index contributed by atoms with van der Waals surface area (Å²) in [4.78, 5) is 11.6. The molecule has 0 spiro atoms. The van der Waals surface area contributed by atoms with Crippen molar-refractivity contribution < 1.29 is 19.0 Å². The number of carbonyl (C=O) groups excluding carboxylic acids is 1. The van der Waals surface area contributed by atoms with Crippen LogP contribution >= 0.6 is 0 Å². The van der Waals surface area contributed by atoms with Gasteiger partial charge in [-0.2, -0.15) is 0 Å². The van der Waals surface area contributed by atoms with E-state index in [2.05, 4.69) is 10.6 Å². The van der Waals surface area contributed by atoms with Crippen molar-refractivity contribution in [2.75, 3.05) is 11.9 Å². The minimum absolute atomic E-state index is 0.0168. The monoisotopic (exact) mass is 284 g/mol. The Kier molecular flexibility index (Phi) is 6.24. The fraction of sp³-hybridized carbons (Fsp3) is 0.500. The summed E-state index contributed by atoms with van der Waals surface area (Å²) < 4.78 is 19.1. The van der Waals surface area contributed by atoms with Gasteiger partial charge in [-0.25, -0.2) is 9.18 Å². The summed E-state index contributed by atoms with van der Waals surface area (Å²) >= 11 is 0. The van der Waals surface area contributed by atoms with Gasteiger partial charge in [-0.1, -0.05) is 0 Å². The first kappa shape index (κ1) is 16.2. The number of aliphatic hydroxyl groups is 1. The Labute approximate surface area is 118 Å². The molecule has 0 radical (unpaired) electrons. The van der Waals surface area contributed by atoms with E-state index >= 15 is 0 Å². The molecule has 0 fully saturated rings. The Morgan fingerprint density at radius 2 is 2.10 bits per heavy atom. The third-order valence-corrected chi connectivity index (χ3v) is 2.50. The summed E-state index contributed by atoms with van der Waals surface area (Å²) in [7, 11) is 0. The predicted octanol–water partition coefficient (Wildman–Crippen LogP) is 2.51. The Morgan fingerprint density at radius 1 is 1.40 bits per heavy atom. The van der Waals surface area contributed by atoms with E-state index in [0.29, 0.717) is 12.2 Å². The molecule has 1 aromatic carbocycles. The topological polar surface area (TPSA) is 70.6 Å². The summed E-state index contributed by atoms with van der Waals surface area (Å²) in [5.41, 5.74) is 0.0785. The van der Waals surface area contributed by atoms with Crippen molar-refractivity contribution in [3.63, 3.8) is 0 Å². The van der Waals surface area contributed by atoms with Gasteiger partial charge in [-0.05, 0) is 39.3 Å². The maximum Gasteiger partial charge on any atom is 0.319 e. The van der Waals surface area contributed by atoms with Crippen LogP contribution in [-0.2, 0) is 0 Å². The van der Waals surface area contributed by atoms with Crippen molar-refractivity contribution in [1.29, 1.82) is 0 Å². The van der Waals surface area contributed by atoms with E-state index in [4.69, 9.17) is 9.84 Å². The van der Waals surface area contributed by atoms with E-state index in [1.165, 1.54) is 12.1 Å². The maximum absolute atomic E-state index is 13.8. The van der Waals surface area contributed by atoms with Crippen LogP contribution < -0.4 is 15.4 Å². The van der Waals surface area contributed by atoms with Gasteiger partial charge in [0.2, 0.25) is 0 Å². The lowest BCUT2D eigenvalue weighted by Crippen LogP contribution is -2.36. The zero-order valence-electron chi connectivity index (χ0n) is 11.9. The molecule has 0 heterocycles. The maximum atomic E-state index is 13.8. The number of hydrogen-bond acceptors (Lipinski definition) is 3. The number of benzene rings is 1. The lowest BCUT2D eigenvalue weighted by molar-refractivity contribution is 0.239. The van der Waals surface area contributed by atoms with Gasteiger partial charge >= 0.3 is 6.03 Å². The molecule has 3 N–H and O–H groups in total. The van der Waals surface area contributed by atoms with Gasteiger partial charge in [-0.3, -0.25) is 0 Å². The van der Waals surface area contributed by atoms with E-state index < -0.39 is 11.8 Å². The summed E-state index contributed by atoms with van der Waals surface area (Å²) in [5, 5.41) is 13.8. The van der Waals surface area contributed by atoms with Gasteiger partial charge in [-0.15, -0.1) is 0 Å². The second kappa shape index (κ2) is 7.69. The van der Waals surface area contributed by atoms with Crippen molar-refractivity contribution >= 4 is 11.7 Å². The van der Waals surface area contributed by atoms with Crippen LogP contribution in [0.1, 0.15) is 27.2 Å². The van der Waals surface area contributed by atoms with Crippen LogP contribution in [0.15, 0.2) is 18.2 Å². The quantitative estimate of drug-likeness (QED) is 0.751. The number of urea groups is 1. The zero-order chi connectivity index (χ0) is 15.1. The number of nitrogens with one attached hydrogen (secondary N) is 2. The van der Waals surface area contributed by atoms with Gasteiger partial charge in [0.15, 0.2) is 0 Å². The normalized spacial score (nSPS) is 12.1. The Hall–Kier alpha value is -1.82. The molecule has 1 aromatic rings. The molecule has 1 atom stereocenters. The van der Waals surface area contributed by atoms with E-state index in [0.717, 1.165) is 0 Å². The Morgan fingerprint density at radius 3 is 2.65 bits per heavy atom. The average molecular weight is 284 g/mol. The number of carbonyl (C=O) groups is 1. The molecular weight excluding hydrogens is 263 g/mol. The van der Waals surface area contributed by atoms with Crippen LogP contribution in [0.3, 0.4) is 0 Å². The highest BCUT2D eigenvalue weighted by atomic mass is 19.1. The minimum atomic E-state index is -0.562. The summed E-state index contributed by atoms with van der Waals surface area (Å²) in [6.45, 7) is 5.43. The van der Waals surface area contributed by atoms with Crippen LogP contribution in [0.4, 0.5) is 14.9 Å².